The van der Waals surface area contributed by atoms with Crippen molar-refractivity contribution >= 4 is 5.69 Å². The van der Waals surface area contributed by atoms with Crippen LogP contribution in [0.3, 0.4) is 0 Å². The van der Waals surface area contributed by atoms with Crippen LogP contribution in [0.15, 0.2) is 28.8 Å². The number of nitro benzene ring substituents is 1. The number of nitro groups is 1. The van der Waals surface area contributed by atoms with Crippen molar-refractivity contribution in [3.8, 4) is 5.75 Å². The Morgan fingerprint density at radius 3 is 2.85 bits per heavy atom. The fourth-order valence-corrected chi connectivity index (χ4v) is 1.52. The van der Waals surface area contributed by atoms with Crippen molar-refractivity contribution in [3.63, 3.8) is 0 Å². The van der Waals surface area contributed by atoms with E-state index in [0.717, 1.165) is 12.1 Å². The van der Waals surface area contributed by atoms with E-state index in [2.05, 4.69) is 5.16 Å². The van der Waals surface area contributed by atoms with E-state index in [1.54, 1.807) is 6.07 Å². The number of hydrogen-bond donors (Lipinski definition) is 0. The van der Waals surface area contributed by atoms with Crippen LogP contribution in [0.2, 0.25) is 0 Å². The molecule has 1 aromatic heterocycles. The molecule has 0 amide bonds. The molecule has 0 saturated carbocycles. The maximum atomic E-state index is 13.4. The van der Waals surface area contributed by atoms with Crippen LogP contribution in [0.5, 0.6) is 5.75 Å². The number of benzene rings is 1. The van der Waals surface area contributed by atoms with Gasteiger partial charge in [-0.3, -0.25) is 10.1 Å². The molecule has 0 aliphatic rings. The molecule has 0 N–H and O–H groups in total. The lowest BCUT2D eigenvalue weighted by Crippen LogP contribution is -1.97. The van der Waals surface area contributed by atoms with Crippen LogP contribution in [0, 0.1) is 15.9 Å². The van der Waals surface area contributed by atoms with Gasteiger partial charge in [0.15, 0.2) is 5.76 Å². The highest BCUT2D eigenvalue weighted by Crippen LogP contribution is 2.23. The Morgan fingerprint density at radius 2 is 2.20 bits per heavy atom. The minimum atomic E-state index is -0.951. The number of methoxy groups -OCH3 is 1. The molecule has 7 nitrogen and oxygen atoms in total. The Hall–Kier alpha value is -2.48. The predicted octanol–water partition coefficient (Wildman–Crippen LogP) is 2.45. The number of aromatic nitrogens is 1. The van der Waals surface area contributed by atoms with Crippen LogP contribution >= 0.6 is 0 Å². The monoisotopic (exact) mass is 282 g/mol. The smallest absolute Gasteiger partial charge is 0.305 e. The SMILES string of the molecule is COCc1cc(COc2ccc([N+](=O)[O-])c(F)c2)no1. The second-order valence-electron chi connectivity index (χ2n) is 3.88. The Labute approximate surface area is 113 Å². The van der Waals surface area contributed by atoms with Crippen molar-refractivity contribution < 1.29 is 23.3 Å². The van der Waals surface area contributed by atoms with Crippen LogP contribution in [0.1, 0.15) is 11.5 Å². The third kappa shape index (κ3) is 3.29. The maximum Gasteiger partial charge on any atom is 0.305 e. The maximum absolute atomic E-state index is 13.4. The van der Waals surface area contributed by atoms with Crippen molar-refractivity contribution in [1.29, 1.82) is 0 Å². The van der Waals surface area contributed by atoms with Crippen LogP contribution < -0.4 is 4.74 Å². The average molecular weight is 282 g/mol. The third-order valence-electron chi connectivity index (χ3n) is 2.40. The topological polar surface area (TPSA) is 87.6 Å². The molecule has 20 heavy (non-hydrogen) atoms. The van der Waals surface area contributed by atoms with Gasteiger partial charge in [-0.25, -0.2) is 0 Å². The van der Waals surface area contributed by atoms with E-state index >= 15 is 0 Å². The molecule has 0 fully saturated rings. The second kappa shape index (κ2) is 6.11. The van der Waals surface area contributed by atoms with Crippen molar-refractivity contribution in [2.45, 2.75) is 13.2 Å². The molecule has 2 rings (SSSR count). The summed E-state index contributed by atoms with van der Waals surface area (Å²) in [5, 5.41) is 14.2. The van der Waals surface area contributed by atoms with Gasteiger partial charge in [0.2, 0.25) is 5.82 Å². The predicted molar refractivity (Wildman–Crippen MR) is 64.6 cm³/mol. The van der Waals surface area contributed by atoms with E-state index in [9.17, 15) is 14.5 Å². The highest BCUT2D eigenvalue weighted by Gasteiger charge is 2.14. The van der Waals surface area contributed by atoms with Gasteiger partial charge in [0.1, 0.15) is 24.7 Å². The summed E-state index contributed by atoms with van der Waals surface area (Å²) in [6.07, 6.45) is 0. The Balaban J connectivity index is 1.99. The van der Waals surface area contributed by atoms with Crippen molar-refractivity contribution in [3.05, 3.63) is 51.7 Å². The Kier molecular flexibility index (Phi) is 4.26. The molecule has 1 aromatic carbocycles. The fraction of sp³-hybridized carbons (Fsp3) is 0.250. The number of hydrogen-bond acceptors (Lipinski definition) is 6. The molecule has 0 aliphatic carbocycles. The molecule has 106 valence electrons. The molecule has 1 heterocycles. The first kappa shape index (κ1) is 13.9. The van der Waals surface area contributed by atoms with Crippen LogP contribution in [0.4, 0.5) is 10.1 Å². The number of nitrogens with zero attached hydrogens (tertiary/aromatic N) is 2. The lowest BCUT2D eigenvalue weighted by Gasteiger charge is -2.03. The minimum absolute atomic E-state index is 0.0600. The second-order valence-corrected chi connectivity index (χ2v) is 3.88. The van der Waals surface area contributed by atoms with E-state index in [-0.39, 0.29) is 12.4 Å². The Morgan fingerprint density at radius 1 is 1.40 bits per heavy atom. The van der Waals surface area contributed by atoms with Crippen LogP contribution in [-0.4, -0.2) is 17.2 Å². The zero-order valence-electron chi connectivity index (χ0n) is 10.5. The molecular weight excluding hydrogens is 271 g/mol. The lowest BCUT2D eigenvalue weighted by molar-refractivity contribution is -0.387. The summed E-state index contributed by atoms with van der Waals surface area (Å²) in [5.74, 6) is -0.238. The zero-order chi connectivity index (χ0) is 14.5. The lowest BCUT2D eigenvalue weighted by atomic mass is 10.3. The van der Waals surface area contributed by atoms with Crippen molar-refractivity contribution in [2.24, 2.45) is 0 Å². The average Bonchev–Trinajstić information content (AvgIpc) is 2.84. The largest absolute Gasteiger partial charge is 0.487 e. The normalized spacial score (nSPS) is 10.5. The molecule has 0 unspecified atom stereocenters. The van der Waals surface area contributed by atoms with Gasteiger partial charge < -0.3 is 14.0 Å². The van der Waals surface area contributed by atoms with E-state index in [4.69, 9.17) is 14.0 Å². The summed E-state index contributed by atoms with van der Waals surface area (Å²) >= 11 is 0. The van der Waals surface area contributed by atoms with Crippen LogP contribution in [0.25, 0.3) is 0 Å². The van der Waals surface area contributed by atoms with E-state index in [1.807, 2.05) is 0 Å². The molecule has 0 spiro atoms. The number of ether oxygens (including phenoxy) is 2. The van der Waals surface area contributed by atoms with Gasteiger partial charge in [-0.1, -0.05) is 5.16 Å². The standard InChI is InChI=1S/C12H11FN2O5/c1-18-7-10-4-8(14-20-10)6-19-9-2-3-12(15(16)17)11(13)5-9/h2-5H,6-7H2,1H3. The van der Waals surface area contributed by atoms with Gasteiger partial charge in [0, 0.05) is 25.3 Å². The zero-order valence-corrected chi connectivity index (χ0v) is 10.5. The highest BCUT2D eigenvalue weighted by atomic mass is 19.1. The minimum Gasteiger partial charge on any atom is -0.487 e. The number of rotatable bonds is 6. The molecule has 8 heteroatoms. The van der Waals surface area contributed by atoms with Gasteiger partial charge in [-0.15, -0.1) is 0 Å². The van der Waals surface area contributed by atoms with Crippen molar-refractivity contribution in [2.75, 3.05) is 7.11 Å². The summed E-state index contributed by atoms with van der Waals surface area (Å²) in [6, 6.07) is 4.96. The van der Waals surface area contributed by atoms with Crippen LogP contribution in [-0.2, 0) is 18.0 Å². The van der Waals surface area contributed by atoms with Gasteiger partial charge in [-0.05, 0) is 6.07 Å². The summed E-state index contributed by atoms with van der Waals surface area (Å²) < 4.78 is 28.4. The molecule has 0 saturated heterocycles. The van der Waals surface area contributed by atoms with Gasteiger partial charge in [0.05, 0.1) is 4.92 Å². The van der Waals surface area contributed by atoms with Gasteiger partial charge in [0.25, 0.3) is 0 Å². The first-order valence-electron chi connectivity index (χ1n) is 5.60. The third-order valence-corrected chi connectivity index (χ3v) is 2.40. The fourth-order valence-electron chi connectivity index (χ4n) is 1.52. The molecule has 0 bridgehead atoms. The van der Waals surface area contributed by atoms with Gasteiger partial charge in [-0.2, -0.15) is 4.39 Å². The van der Waals surface area contributed by atoms with E-state index in [1.165, 1.54) is 13.2 Å². The first-order chi connectivity index (χ1) is 9.60. The summed E-state index contributed by atoms with van der Waals surface area (Å²) in [6.45, 7) is 0.351. The van der Waals surface area contributed by atoms with Gasteiger partial charge >= 0.3 is 5.69 Å². The molecular formula is C12H11FN2O5. The highest BCUT2D eigenvalue weighted by molar-refractivity contribution is 5.37. The quantitative estimate of drug-likeness (QED) is 0.597. The summed E-state index contributed by atoms with van der Waals surface area (Å²) in [5.41, 5.74) is -0.0861. The first-order valence-corrected chi connectivity index (χ1v) is 5.60. The molecule has 0 atom stereocenters. The molecule has 0 aliphatic heterocycles. The molecule has 2 aromatic rings. The van der Waals surface area contributed by atoms with E-state index < -0.39 is 16.4 Å². The molecule has 0 radical (unpaired) electrons. The van der Waals surface area contributed by atoms with E-state index in [0.29, 0.717) is 18.1 Å². The summed E-state index contributed by atoms with van der Waals surface area (Å²) in [7, 11) is 1.53. The Bertz CT molecular complexity index is 614. The number of halogens is 1. The summed E-state index contributed by atoms with van der Waals surface area (Å²) in [4.78, 5) is 9.67. The van der Waals surface area contributed by atoms with Crippen molar-refractivity contribution in [1.82, 2.24) is 5.16 Å².